The van der Waals surface area contributed by atoms with Crippen LogP contribution >= 0.6 is 24.8 Å². The number of alkyl halides is 5. The van der Waals surface area contributed by atoms with Crippen LogP contribution in [0.2, 0.25) is 0 Å². The summed E-state index contributed by atoms with van der Waals surface area (Å²) in [5.41, 5.74) is -1.59. The Morgan fingerprint density at radius 2 is 1.61 bits per heavy atom. The first kappa shape index (κ1) is 22.3. The van der Waals surface area contributed by atoms with Gasteiger partial charge in [-0.05, 0) is 17.7 Å². The SMILES string of the molecule is Cl.Cl.Fc1cc([C@@H](C(F)F)N2CCNCC2)ccc1C(F)(F)F. The Balaban J connectivity index is 0.00000242. The lowest BCUT2D eigenvalue weighted by molar-refractivity contribution is -0.140. The Morgan fingerprint density at radius 3 is 2.04 bits per heavy atom. The van der Waals surface area contributed by atoms with Crippen LogP contribution in [0.15, 0.2) is 18.2 Å². The minimum atomic E-state index is -4.84. The van der Waals surface area contributed by atoms with Crippen molar-refractivity contribution in [3.63, 3.8) is 0 Å². The number of benzene rings is 1. The number of rotatable bonds is 3. The van der Waals surface area contributed by atoms with Gasteiger partial charge in [-0.1, -0.05) is 6.07 Å². The van der Waals surface area contributed by atoms with Gasteiger partial charge in [0.05, 0.1) is 11.6 Å². The second-order valence-corrected chi connectivity index (χ2v) is 4.80. The molecule has 1 saturated heterocycles. The Labute approximate surface area is 142 Å². The van der Waals surface area contributed by atoms with E-state index in [1.807, 2.05) is 0 Å². The molecule has 1 N–H and O–H groups in total. The number of halogens is 8. The fourth-order valence-electron chi connectivity index (χ4n) is 2.42. The maximum atomic E-state index is 13.5. The van der Waals surface area contributed by atoms with E-state index >= 15 is 0 Å². The van der Waals surface area contributed by atoms with Gasteiger partial charge in [0.25, 0.3) is 6.43 Å². The van der Waals surface area contributed by atoms with E-state index in [-0.39, 0.29) is 30.4 Å². The van der Waals surface area contributed by atoms with Gasteiger partial charge in [0, 0.05) is 26.2 Å². The maximum absolute atomic E-state index is 13.5. The summed E-state index contributed by atoms with van der Waals surface area (Å²) in [6.07, 6.45) is -7.64. The van der Waals surface area contributed by atoms with E-state index in [1.54, 1.807) is 0 Å². The van der Waals surface area contributed by atoms with Crippen LogP contribution in [0.5, 0.6) is 0 Å². The maximum Gasteiger partial charge on any atom is 0.419 e. The monoisotopic (exact) mass is 384 g/mol. The summed E-state index contributed by atoms with van der Waals surface area (Å²) in [6, 6.07) is 0.596. The highest BCUT2D eigenvalue weighted by Gasteiger charge is 2.36. The molecular weight excluding hydrogens is 369 g/mol. The second kappa shape index (κ2) is 8.96. The Morgan fingerprint density at radius 1 is 1.04 bits per heavy atom. The first-order valence-corrected chi connectivity index (χ1v) is 6.40. The number of hydrogen-bond acceptors (Lipinski definition) is 2. The molecule has 1 atom stereocenters. The molecule has 0 saturated carbocycles. The summed E-state index contributed by atoms with van der Waals surface area (Å²) in [6.45, 7) is 1.67. The van der Waals surface area contributed by atoms with E-state index in [4.69, 9.17) is 0 Å². The molecule has 1 fully saturated rings. The van der Waals surface area contributed by atoms with Crippen LogP contribution in [-0.2, 0) is 6.18 Å². The molecule has 1 aromatic carbocycles. The molecule has 1 aliphatic rings. The van der Waals surface area contributed by atoms with Crippen molar-refractivity contribution in [2.24, 2.45) is 0 Å². The summed E-state index contributed by atoms with van der Waals surface area (Å²) >= 11 is 0. The van der Waals surface area contributed by atoms with E-state index in [0.29, 0.717) is 38.3 Å². The van der Waals surface area contributed by atoms with Crippen molar-refractivity contribution in [3.8, 4) is 0 Å². The number of nitrogens with zero attached hydrogens (tertiary/aromatic N) is 1. The zero-order valence-corrected chi connectivity index (χ0v) is 13.4. The highest BCUT2D eigenvalue weighted by atomic mass is 35.5. The minimum Gasteiger partial charge on any atom is -0.314 e. The molecule has 1 aromatic rings. The topological polar surface area (TPSA) is 15.3 Å². The number of piperazine rings is 1. The average molecular weight is 385 g/mol. The van der Waals surface area contributed by atoms with Crippen molar-refractivity contribution in [3.05, 3.63) is 35.1 Å². The first-order valence-electron chi connectivity index (χ1n) is 6.40. The predicted molar refractivity (Wildman–Crippen MR) is 79.1 cm³/mol. The van der Waals surface area contributed by atoms with Gasteiger partial charge in [0.15, 0.2) is 0 Å². The van der Waals surface area contributed by atoms with E-state index in [2.05, 4.69) is 5.32 Å². The summed E-state index contributed by atoms with van der Waals surface area (Å²) in [4.78, 5) is 1.45. The number of nitrogens with one attached hydrogen (secondary N) is 1. The average Bonchev–Trinajstić information content (AvgIpc) is 2.38. The fraction of sp³-hybridized carbons (Fsp3) is 0.538. The third kappa shape index (κ3) is 5.41. The molecule has 0 bridgehead atoms. The van der Waals surface area contributed by atoms with Gasteiger partial charge in [-0.25, -0.2) is 13.2 Å². The summed E-state index contributed by atoms with van der Waals surface area (Å²) in [5.74, 6) is -1.53. The van der Waals surface area contributed by atoms with Crippen LogP contribution in [0.25, 0.3) is 0 Å². The third-order valence-corrected chi connectivity index (χ3v) is 3.42. The molecule has 0 aromatic heterocycles. The van der Waals surface area contributed by atoms with Crippen molar-refractivity contribution >= 4 is 24.8 Å². The molecule has 0 unspecified atom stereocenters. The second-order valence-electron chi connectivity index (χ2n) is 4.80. The van der Waals surface area contributed by atoms with Crippen LogP contribution in [0.4, 0.5) is 26.3 Å². The summed E-state index contributed by atoms with van der Waals surface area (Å²) < 4.78 is 77.5. The van der Waals surface area contributed by atoms with Crippen molar-refractivity contribution in [2.75, 3.05) is 26.2 Å². The van der Waals surface area contributed by atoms with Crippen molar-refractivity contribution in [1.82, 2.24) is 10.2 Å². The lowest BCUT2D eigenvalue weighted by atomic mass is 10.0. The van der Waals surface area contributed by atoms with E-state index < -0.39 is 30.0 Å². The van der Waals surface area contributed by atoms with Crippen molar-refractivity contribution in [1.29, 1.82) is 0 Å². The molecule has 0 aliphatic carbocycles. The molecular formula is C13H16Cl2F6N2. The van der Waals surface area contributed by atoms with Crippen LogP contribution in [0.1, 0.15) is 17.2 Å². The lowest BCUT2D eigenvalue weighted by Crippen LogP contribution is -2.46. The van der Waals surface area contributed by atoms with Crippen LogP contribution in [0, 0.1) is 5.82 Å². The number of hydrogen-bond donors (Lipinski definition) is 1. The van der Waals surface area contributed by atoms with E-state index in [9.17, 15) is 26.3 Å². The normalized spacial score (nSPS) is 17.3. The fourth-order valence-corrected chi connectivity index (χ4v) is 2.42. The van der Waals surface area contributed by atoms with E-state index in [0.717, 1.165) is 6.07 Å². The molecule has 1 heterocycles. The molecule has 1 aliphatic heterocycles. The van der Waals surface area contributed by atoms with E-state index in [1.165, 1.54) is 4.90 Å². The zero-order valence-electron chi connectivity index (χ0n) is 11.7. The Kier molecular flexibility index (Phi) is 8.69. The molecule has 134 valence electrons. The molecule has 0 amide bonds. The summed E-state index contributed by atoms with van der Waals surface area (Å²) in [5, 5.41) is 2.99. The van der Waals surface area contributed by atoms with Gasteiger partial charge in [-0.2, -0.15) is 13.2 Å². The zero-order chi connectivity index (χ0) is 15.6. The van der Waals surface area contributed by atoms with Gasteiger partial charge in [0.1, 0.15) is 5.82 Å². The smallest absolute Gasteiger partial charge is 0.314 e. The van der Waals surface area contributed by atoms with Gasteiger partial charge < -0.3 is 5.32 Å². The van der Waals surface area contributed by atoms with Crippen molar-refractivity contribution in [2.45, 2.75) is 18.6 Å². The first-order chi connectivity index (χ1) is 9.80. The van der Waals surface area contributed by atoms with Crippen LogP contribution in [-0.4, -0.2) is 37.5 Å². The Hall–Kier alpha value is -0.700. The molecule has 0 spiro atoms. The van der Waals surface area contributed by atoms with Crippen LogP contribution < -0.4 is 5.32 Å². The highest BCUT2D eigenvalue weighted by Crippen LogP contribution is 2.34. The van der Waals surface area contributed by atoms with Gasteiger partial charge >= 0.3 is 6.18 Å². The molecule has 0 radical (unpaired) electrons. The van der Waals surface area contributed by atoms with Crippen molar-refractivity contribution < 1.29 is 26.3 Å². The standard InChI is InChI=1S/C13H14F6N2.2ClH/c14-10-7-8(1-2-9(10)13(17,18)19)11(12(15)16)21-5-3-20-4-6-21;;/h1-2,7,11-12,20H,3-6H2;2*1H/t11-;;/m0../s1. The lowest BCUT2D eigenvalue weighted by Gasteiger charge is -2.34. The van der Waals surface area contributed by atoms with Gasteiger partial charge in [0.2, 0.25) is 0 Å². The highest BCUT2D eigenvalue weighted by molar-refractivity contribution is 5.85. The molecule has 2 rings (SSSR count). The minimum absolute atomic E-state index is 0. The quantitative estimate of drug-likeness (QED) is 0.795. The predicted octanol–water partition coefficient (Wildman–Crippen LogP) is 3.90. The largest absolute Gasteiger partial charge is 0.419 e. The van der Waals surface area contributed by atoms with Gasteiger partial charge in [-0.3, -0.25) is 4.90 Å². The van der Waals surface area contributed by atoms with Gasteiger partial charge in [-0.15, -0.1) is 24.8 Å². The molecule has 2 nitrogen and oxygen atoms in total. The summed E-state index contributed by atoms with van der Waals surface area (Å²) in [7, 11) is 0. The molecule has 10 heteroatoms. The molecule has 23 heavy (non-hydrogen) atoms. The Bertz CT molecular complexity index is 492. The third-order valence-electron chi connectivity index (χ3n) is 3.42. The van der Waals surface area contributed by atoms with Crippen LogP contribution in [0.3, 0.4) is 0 Å².